The summed E-state index contributed by atoms with van der Waals surface area (Å²) in [5.74, 6) is 0.272. The van der Waals surface area contributed by atoms with Gasteiger partial charge >= 0.3 is 0 Å². The lowest BCUT2D eigenvalue weighted by Crippen LogP contribution is -2.22. The predicted molar refractivity (Wildman–Crippen MR) is 129 cm³/mol. The summed E-state index contributed by atoms with van der Waals surface area (Å²) < 4.78 is 7.82. The van der Waals surface area contributed by atoms with Crippen molar-refractivity contribution in [3.05, 3.63) is 113 Å². The first kappa shape index (κ1) is 19.1. The number of aryl methyl sites for hydroxylation is 1. The number of nitrogens with zero attached hydrogens (tertiary/aromatic N) is 3. The molecule has 0 saturated carbocycles. The molecule has 5 nitrogen and oxygen atoms in total. The third kappa shape index (κ3) is 2.81. The molecule has 1 aliphatic rings. The quantitative estimate of drug-likeness (QED) is 0.366. The van der Waals surface area contributed by atoms with Gasteiger partial charge in [-0.25, -0.2) is 4.68 Å². The van der Waals surface area contributed by atoms with Gasteiger partial charge in [0, 0.05) is 0 Å². The molecule has 0 bridgehead atoms. The van der Waals surface area contributed by atoms with E-state index in [2.05, 4.69) is 36.4 Å². The van der Waals surface area contributed by atoms with E-state index in [1.807, 2.05) is 61.5 Å². The summed E-state index contributed by atoms with van der Waals surface area (Å²) in [7, 11) is 0. The fourth-order valence-corrected chi connectivity index (χ4v) is 4.91. The van der Waals surface area contributed by atoms with Crippen molar-refractivity contribution in [3.63, 3.8) is 0 Å². The van der Waals surface area contributed by atoms with Crippen molar-refractivity contribution in [1.82, 2.24) is 9.78 Å². The zero-order valence-electron chi connectivity index (χ0n) is 18.0. The number of fused-ring (bicyclic) bond motifs is 3. The molecule has 1 atom stereocenters. The Hall–Kier alpha value is -4.56. The number of aromatic nitrogens is 2. The van der Waals surface area contributed by atoms with Gasteiger partial charge in [-0.05, 0) is 52.2 Å². The molecule has 0 spiro atoms. The summed E-state index contributed by atoms with van der Waals surface area (Å²) in [6.45, 7) is 1.96. The number of nitrogens with two attached hydrogens (primary N) is 1. The minimum Gasteiger partial charge on any atom is -0.422 e. The van der Waals surface area contributed by atoms with Crippen LogP contribution in [0, 0.1) is 18.3 Å². The summed E-state index contributed by atoms with van der Waals surface area (Å²) in [5.41, 5.74) is 10.4. The minimum absolute atomic E-state index is 0.115. The molecular weight excluding hydrogens is 408 g/mol. The summed E-state index contributed by atoms with van der Waals surface area (Å²) in [6.07, 6.45) is 0. The maximum absolute atomic E-state index is 10.2. The molecule has 0 fully saturated rings. The van der Waals surface area contributed by atoms with Gasteiger partial charge in [0.2, 0.25) is 11.8 Å². The summed E-state index contributed by atoms with van der Waals surface area (Å²) >= 11 is 0. The van der Waals surface area contributed by atoms with Crippen LogP contribution in [0.15, 0.2) is 96.4 Å². The topological polar surface area (TPSA) is 76.9 Å². The average molecular weight is 428 g/mol. The monoisotopic (exact) mass is 428 g/mol. The Morgan fingerprint density at radius 3 is 2.12 bits per heavy atom. The number of ether oxygens (including phenoxy) is 1. The van der Waals surface area contributed by atoms with Gasteiger partial charge in [0.1, 0.15) is 11.6 Å². The molecule has 1 unspecified atom stereocenters. The van der Waals surface area contributed by atoms with Crippen molar-refractivity contribution in [2.24, 2.45) is 5.73 Å². The second-order valence-corrected chi connectivity index (χ2v) is 8.21. The minimum atomic E-state index is -0.396. The Balaban J connectivity index is 1.74. The molecule has 0 amide bonds. The number of nitriles is 1. The zero-order chi connectivity index (χ0) is 22.5. The second-order valence-electron chi connectivity index (χ2n) is 8.21. The second kappa shape index (κ2) is 7.25. The van der Waals surface area contributed by atoms with Crippen molar-refractivity contribution in [3.8, 4) is 17.6 Å². The van der Waals surface area contributed by atoms with Crippen LogP contribution in [0.3, 0.4) is 0 Å². The SMILES string of the molecule is Cc1nn(-c2ccccc2)c2c1C(c1c3ccccc3cc3ccccc13)C(C#N)=C(N)O2. The molecule has 33 heavy (non-hydrogen) atoms. The van der Waals surface area contributed by atoms with Crippen LogP contribution < -0.4 is 10.5 Å². The maximum atomic E-state index is 10.2. The average Bonchev–Trinajstić information content (AvgIpc) is 3.18. The van der Waals surface area contributed by atoms with E-state index in [0.717, 1.165) is 44.1 Å². The molecule has 4 aromatic carbocycles. The van der Waals surface area contributed by atoms with Crippen LogP contribution in [0.25, 0.3) is 27.2 Å². The van der Waals surface area contributed by atoms with Crippen LogP contribution in [0.1, 0.15) is 22.7 Å². The summed E-state index contributed by atoms with van der Waals surface area (Å²) in [5, 5.41) is 19.4. The summed E-state index contributed by atoms with van der Waals surface area (Å²) in [6, 6.07) is 30.9. The van der Waals surface area contributed by atoms with Crippen LogP contribution in [0.2, 0.25) is 0 Å². The van der Waals surface area contributed by atoms with Crippen LogP contribution in [0.4, 0.5) is 0 Å². The van der Waals surface area contributed by atoms with Crippen molar-refractivity contribution in [2.45, 2.75) is 12.8 Å². The lowest BCUT2D eigenvalue weighted by Gasteiger charge is -2.27. The number of hydrogen-bond donors (Lipinski definition) is 1. The Morgan fingerprint density at radius 2 is 1.48 bits per heavy atom. The molecule has 2 heterocycles. The van der Waals surface area contributed by atoms with E-state index in [-0.39, 0.29) is 5.88 Å². The summed E-state index contributed by atoms with van der Waals surface area (Å²) in [4.78, 5) is 0. The van der Waals surface area contributed by atoms with Crippen LogP contribution in [-0.4, -0.2) is 9.78 Å². The van der Waals surface area contributed by atoms with Crippen molar-refractivity contribution in [1.29, 1.82) is 5.26 Å². The molecule has 0 aliphatic carbocycles. The largest absolute Gasteiger partial charge is 0.422 e. The van der Waals surface area contributed by atoms with Gasteiger partial charge < -0.3 is 10.5 Å². The smallest absolute Gasteiger partial charge is 0.229 e. The number of benzene rings is 4. The number of rotatable bonds is 2. The molecule has 158 valence electrons. The fourth-order valence-electron chi connectivity index (χ4n) is 4.91. The van der Waals surface area contributed by atoms with E-state index >= 15 is 0 Å². The normalized spacial score (nSPS) is 15.3. The van der Waals surface area contributed by atoms with Gasteiger partial charge in [-0.2, -0.15) is 10.4 Å². The lowest BCUT2D eigenvalue weighted by molar-refractivity contribution is 0.367. The molecule has 6 rings (SSSR count). The Morgan fingerprint density at radius 1 is 0.879 bits per heavy atom. The van der Waals surface area contributed by atoms with E-state index in [0.29, 0.717) is 11.5 Å². The first-order chi connectivity index (χ1) is 16.2. The molecular formula is C28H20N4O. The van der Waals surface area contributed by atoms with E-state index in [9.17, 15) is 5.26 Å². The number of hydrogen-bond acceptors (Lipinski definition) is 4. The molecule has 5 aromatic rings. The lowest BCUT2D eigenvalue weighted by atomic mass is 9.79. The molecule has 1 aliphatic heterocycles. The molecule has 0 saturated heterocycles. The van der Waals surface area contributed by atoms with Gasteiger partial charge in [0.15, 0.2) is 0 Å². The van der Waals surface area contributed by atoms with Gasteiger partial charge in [-0.1, -0.05) is 66.7 Å². The first-order valence-electron chi connectivity index (χ1n) is 10.8. The highest BCUT2D eigenvalue weighted by Gasteiger charge is 2.37. The van der Waals surface area contributed by atoms with Crippen LogP contribution in [0.5, 0.6) is 5.88 Å². The standard InChI is InChI=1S/C28H20N4O/c1-17-24-26(25-21-13-7-5-9-18(21)15-19-10-6-8-14-22(19)25)23(16-29)27(30)33-28(24)32(31-17)20-11-3-2-4-12-20/h2-15,26H,30H2,1H3. The highest BCUT2D eigenvalue weighted by molar-refractivity contribution is 6.03. The van der Waals surface area contributed by atoms with Crippen LogP contribution >= 0.6 is 0 Å². The predicted octanol–water partition coefficient (Wildman–Crippen LogP) is 5.71. The zero-order valence-corrected chi connectivity index (χ0v) is 18.0. The van der Waals surface area contributed by atoms with Gasteiger partial charge in [-0.15, -0.1) is 0 Å². The highest BCUT2D eigenvalue weighted by Crippen LogP contribution is 2.48. The van der Waals surface area contributed by atoms with E-state index in [1.54, 1.807) is 4.68 Å². The van der Waals surface area contributed by atoms with E-state index in [4.69, 9.17) is 15.6 Å². The molecule has 1 aromatic heterocycles. The first-order valence-corrected chi connectivity index (χ1v) is 10.8. The number of para-hydroxylation sites is 1. The van der Waals surface area contributed by atoms with Crippen LogP contribution in [-0.2, 0) is 0 Å². The number of allylic oxidation sites excluding steroid dienone is 1. The van der Waals surface area contributed by atoms with Crippen molar-refractivity contribution < 1.29 is 4.74 Å². The van der Waals surface area contributed by atoms with E-state index < -0.39 is 5.92 Å². The van der Waals surface area contributed by atoms with Crippen molar-refractivity contribution >= 4 is 21.5 Å². The highest BCUT2D eigenvalue weighted by atomic mass is 16.5. The Kier molecular flexibility index (Phi) is 4.21. The Bertz CT molecular complexity index is 1570. The fraction of sp³-hybridized carbons (Fsp3) is 0.0714. The maximum Gasteiger partial charge on any atom is 0.229 e. The molecule has 2 N–H and O–H groups in total. The van der Waals surface area contributed by atoms with Gasteiger partial charge in [0.25, 0.3) is 0 Å². The van der Waals surface area contributed by atoms with E-state index in [1.165, 1.54) is 0 Å². The Labute approximate surface area is 190 Å². The molecule has 5 heteroatoms. The van der Waals surface area contributed by atoms with Gasteiger partial charge in [-0.3, -0.25) is 0 Å². The van der Waals surface area contributed by atoms with Gasteiger partial charge in [0.05, 0.1) is 22.9 Å². The molecule has 0 radical (unpaired) electrons. The third-order valence-electron chi connectivity index (χ3n) is 6.33. The van der Waals surface area contributed by atoms with Crippen molar-refractivity contribution in [2.75, 3.05) is 0 Å². The third-order valence-corrected chi connectivity index (χ3v) is 6.33.